The summed E-state index contributed by atoms with van der Waals surface area (Å²) in [4.78, 5) is 40.0. The topological polar surface area (TPSA) is 80.6 Å². The Hall–Kier alpha value is -3.66. The maximum absolute atomic E-state index is 13.0. The Kier molecular flexibility index (Phi) is 6.19. The molecule has 1 fully saturated rings. The maximum atomic E-state index is 13.0. The molecule has 0 radical (unpaired) electrons. The van der Waals surface area contributed by atoms with Crippen LogP contribution in [-0.2, 0) is 22.3 Å². The van der Waals surface area contributed by atoms with Crippen LogP contribution in [0.5, 0.6) is 0 Å². The normalized spacial score (nSPS) is 14.3. The monoisotopic (exact) mass is 459 g/mol. The van der Waals surface area contributed by atoms with E-state index in [0.29, 0.717) is 37.2 Å². The quantitative estimate of drug-likeness (QED) is 0.650. The summed E-state index contributed by atoms with van der Waals surface area (Å²) in [6.45, 7) is 1.22. The Balaban J connectivity index is 1.62. The number of hydrogen-bond acceptors (Lipinski definition) is 4. The molecule has 2 heterocycles. The number of carbonyl (C=O) groups is 2. The van der Waals surface area contributed by atoms with Gasteiger partial charge < -0.3 is 15.0 Å². The molecule has 0 spiro atoms. The minimum atomic E-state index is -4.54. The van der Waals surface area contributed by atoms with E-state index in [-0.39, 0.29) is 17.2 Å². The number of anilines is 1. The minimum absolute atomic E-state index is 0.0358. The Bertz CT molecular complexity index is 1260. The molecular formula is C23H20F3N3O4. The van der Waals surface area contributed by atoms with Crippen LogP contribution in [0.25, 0.3) is 10.9 Å². The number of para-hydroxylation sites is 1. The third-order valence-electron chi connectivity index (χ3n) is 5.32. The zero-order valence-corrected chi connectivity index (χ0v) is 17.4. The second-order valence-electron chi connectivity index (χ2n) is 7.53. The lowest BCUT2D eigenvalue weighted by Crippen LogP contribution is -2.41. The molecule has 1 N–H and O–H groups in total. The van der Waals surface area contributed by atoms with Crippen molar-refractivity contribution in [2.45, 2.75) is 12.7 Å². The van der Waals surface area contributed by atoms with E-state index in [4.69, 9.17) is 4.74 Å². The highest BCUT2D eigenvalue weighted by Gasteiger charge is 2.30. The lowest BCUT2D eigenvalue weighted by Gasteiger charge is -2.27. The number of aromatic nitrogens is 1. The van der Waals surface area contributed by atoms with Crippen molar-refractivity contribution in [3.8, 4) is 0 Å². The highest BCUT2D eigenvalue weighted by Crippen LogP contribution is 2.30. The molecule has 1 saturated heterocycles. The zero-order chi connectivity index (χ0) is 23.6. The van der Waals surface area contributed by atoms with Crippen molar-refractivity contribution in [1.82, 2.24) is 9.47 Å². The van der Waals surface area contributed by atoms with Gasteiger partial charge in [-0.2, -0.15) is 13.2 Å². The minimum Gasteiger partial charge on any atom is -0.378 e. The number of nitrogens with zero attached hydrogens (tertiary/aromatic N) is 2. The SMILES string of the molecule is O=C(Cn1c(=O)cc(C(=O)N2CCOCC2)c2ccccc21)Nc1cccc(C(F)(F)F)c1. The average Bonchev–Trinajstić information content (AvgIpc) is 2.80. The molecule has 0 aliphatic carbocycles. The average molecular weight is 459 g/mol. The van der Waals surface area contributed by atoms with Gasteiger partial charge in [0.25, 0.3) is 11.5 Å². The van der Waals surface area contributed by atoms with Crippen molar-refractivity contribution in [3.05, 3.63) is 76.1 Å². The zero-order valence-electron chi connectivity index (χ0n) is 17.4. The van der Waals surface area contributed by atoms with Crippen molar-refractivity contribution in [2.75, 3.05) is 31.6 Å². The highest BCUT2D eigenvalue weighted by atomic mass is 19.4. The Morgan fingerprint density at radius 3 is 2.45 bits per heavy atom. The van der Waals surface area contributed by atoms with Gasteiger partial charge in [-0.3, -0.25) is 19.0 Å². The first-order valence-electron chi connectivity index (χ1n) is 10.2. The van der Waals surface area contributed by atoms with Crippen LogP contribution < -0.4 is 10.9 Å². The molecule has 33 heavy (non-hydrogen) atoms. The summed E-state index contributed by atoms with van der Waals surface area (Å²) in [6.07, 6.45) is -4.54. The molecule has 0 bridgehead atoms. The fourth-order valence-electron chi connectivity index (χ4n) is 3.73. The summed E-state index contributed by atoms with van der Waals surface area (Å²) >= 11 is 0. The first-order chi connectivity index (χ1) is 15.7. The number of morpholine rings is 1. The van der Waals surface area contributed by atoms with E-state index in [9.17, 15) is 27.6 Å². The number of nitrogens with one attached hydrogen (secondary N) is 1. The van der Waals surface area contributed by atoms with Crippen molar-refractivity contribution in [2.24, 2.45) is 0 Å². The number of benzene rings is 2. The molecule has 3 aromatic rings. The lowest BCUT2D eigenvalue weighted by atomic mass is 10.1. The first kappa shape index (κ1) is 22.5. The Morgan fingerprint density at radius 2 is 1.73 bits per heavy atom. The van der Waals surface area contributed by atoms with E-state index >= 15 is 0 Å². The predicted molar refractivity (Wildman–Crippen MR) is 115 cm³/mol. The van der Waals surface area contributed by atoms with Gasteiger partial charge in [-0.25, -0.2) is 0 Å². The molecule has 172 valence electrons. The fraction of sp³-hybridized carbons (Fsp3) is 0.261. The number of pyridine rings is 1. The van der Waals surface area contributed by atoms with Crippen LogP contribution >= 0.6 is 0 Å². The molecular weight excluding hydrogens is 439 g/mol. The van der Waals surface area contributed by atoms with E-state index in [1.165, 1.54) is 22.8 Å². The number of fused-ring (bicyclic) bond motifs is 1. The van der Waals surface area contributed by atoms with Crippen molar-refractivity contribution in [1.29, 1.82) is 0 Å². The molecule has 0 atom stereocenters. The predicted octanol–water partition coefficient (Wildman–Crippen LogP) is 3.13. The summed E-state index contributed by atoms with van der Waals surface area (Å²) in [5.41, 5.74) is -0.891. The molecule has 2 amide bonds. The van der Waals surface area contributed by atoms with E-state index < -0.39 is 29.8 Å². The Morgan fingerprint density at radius 1 is 1.00 bits per heavy atom. The molecule has 10 heteroatoms. The van der Waals surface area contributed by atoms with Crippen LogP contribution in [0.2, 0.25) is 0 Å². The van der Waals surface area contributed by atoms with Gasteiger partial charge in [0.1, 0.15) is 6.54 Å². The molecule has 0 unspecified atom stereocenters. The summed E-state index contributed by atoms with van der Waals surface area (Å²) in [7, 11) is 0. The van der Waals surface area contributed by atoms with Gasteiger partial charge in [-0.1, -0.05) is 24.3 Å². The number of halogens is 3. The number of carbonyl (C=O) groups excluding carboxylic acids is 2. The van der Waals surface area contributed by atoms with E-state index in [1.807, 2.05) is 0 Å². The van der Waals surface area contributed by atoms with Gasteiger partial charge in [0, 0.05) is 30.2 Å². The number of ether oxygens (including phenoxy) is 1. The lowest BCUT2D eigenvalue weighted by molar-refractivity contribution is -0.137. The number of hydrogen-bond donors (Lipinski definition) is 1. The largest absolute Gasteiger partial charge is 0.416 e. The molecule has 7 nitrogen and oxygen atoms in total. The maximum Gasteiger partial charge on any atom is 0.416 e. The number of rotatable bonds is 4. The van der Waals surface area contributed by atoms with Crippen LogP contribution in [0.3, 0.4) is 0 Å². The second kappa shape index (κ2) is 9.07. The Labute approximate surface area is 186 Å². The van der Waals surface area contributed by atoms with Gasteiger partial charge in [-0.15, -0.1) is 0 Å². The van der Waals surface area contributed by atoms with Crippen molar-refractivity contribution < 1.29 is 27.5 Å². The van der Waals surface area contributed by atoms with Gasteiger partial charge in [0.15, 0.2) is 0 Å². The van der Waals surface area contributed by atoms with Crippen molar-refractivity contribution >= 4 is 28.4 Å². The van der Waals surface area contributed by atoms with E-state index in [2.05, 4.69) is 5.32 Å². The fourth-order valence-corrected chi connectivity index (χ4v) is 3.73. The summed E-state index contributed by atoms with van der Waals surface area (Å²) in [5.74, 6) is -0.971. The van der Waals surface area contributed by atoms with Gasteiger partial charge in [0.05, 0.1) is 29.9 Å². The van der Waals surface area contributed by atoms with E-state index in [1.54, 1.807) is 29.2 Å². The van der Waals surface area contributed by atoms with Gasteiger partial charge >= 0.3 is 6.18 Å². The summed E-state index contributed by atoms with van der Waals surface area (Å²) < 4.78 is 45.2. The molecule has 0 saturated carbocycles. The van der Waals surface area contributed by atoms with Gasteiger partial charge in [0.2, 0.25) is 5.91 Å². The van der Waals surface area contributed by atoms with Crippen LogP contribution in [-0.4, -0.2) is 47.6 Å². The molecule has 1 aromatic heterocycles. The van der Waals surface area contributed by atoms with Crippen LogP contribution in [0, 0.1) is 0 Å². The van der Waals surface area contributed by atoms with Gasteiger partial charge in [-0.05, 0) is 24.3 Å². The standard InChI is InChI=1S/C23H20F3N3O4/c24-23(25,26)15-4-3-5-16(12-15)27-20(30)14-29-19-7-2-1-6-17(19)18(13-21(29)31)22(32)28-8-10-33-11-9-28/h1-7,12-13H,8-11,14H2,(H,27,30). The number of amides is 2. The smallest absolute Gasteiger partial charge is 0.378 e. The molecule has 4 rings (SSSR count). The second-order valence-corrected chi connectivity index (χ2v) is 7.53. The number of alkyl halides is 3. The van der Waals surface area contributed by atoms with Crippen LogP contribution in [0.4, 0.5) is 18.9 Å². The van der Waals surface area contributed by atoms with Crippen LogP contribution in [0.15, 0.2) is 59.4 Å². The first-order valence-corrected chi connectivity index (χ1v) is 10.2. The molecule has 2 aromatic carbocycles. The highest BCUT2D eigenvalue weighted by molar-refractivity contribution is 6.06. The third-order valence-corrected chi connectivity index (χ3v) is 5.32. The molecule has 1 aliphatic heterocycles. The summed E-state index contributed by atoms with van der Waals surface area (Å²) in [6, 6.07) is 12.1. The molecule has 1 aliphatic rings. The summed E-state index contributed by atoms with van der Waals surface area (Å²) in [5, 5.41) is 2.90. The third kappa shape index (κ3) is 4.90. The van der Waals surface area contributed by atoms with E-state index in [0.717, 1.165) is 12.1 Å². The van der Waals surface area contributed by atoms with Crippen molar-refractivity contribution in [3.63, 3.8) is 0 Å². The van der Waals surface area contributed by atoms with Crippen LogP contribution in [0.1, 0.15) is 15.9 Å².